The summed E-state index contributed by atoms with van der Waals surface area (Å²) in [5.74, 6) is -1.22. The lowest BCUT2D eigenvalue weighted by Crippen LogP contribution is -2.48. The van der Waals surface area contributed by atoms with Gasteiger partial charge in [0.05, 0.1) is 17.7 Å². The number of hydrogen-bond donors (Lipinski definition) is 1. The molecule has 2 fully saturated rings. The molecule has 2 aliphatic rings. The van der Waals surface area contributed by atoms with E-state index >= 15 is 0 Å². The molecule has 23 heavy (non-hydrogen) atoms. The number of hydrogen-bond acceptors (Lipinski definition) is 3. The maximum absolute atomic E-state index is 13.1. The molecule has 1 aromatic rings. The molecular weight excluding hydrogens is 335 g/mol. The Morgan fingerprint density at radius 1 is 1.39 bits per heavy atom. The van der Waals surface area contributed by atoms with Crippen LogP contribution in [0.2, 0.25) is 5.02 Å². The Hall–Kier alpha value is -1.76. The number of carbonyl (C=O) groups is 2. The molecule has 124 valence electrons. The van der Waals surface area contributed by atoms with Gasteiger partial charge >= 0.3 is 12.1 Å². The topological polar surface area (TPSA) is 55.4 Å². The van der Waals surface area contributed by atoms with Crippen molar-refractivity contribution in [2.45, 2.75) is 24.4 Å². The maximum Gasteiger partial charge on any atom is 0.417 e. The fraction of sp³-hybridized carbons (Fsp3) is 0.467. The monoisotopic (exact) mass is 347 g/mol. The molecule has 1 N–H and O–H groups in total. The van der Waals surface area contributed by atoms with Crippen LogP contribution in [0.25, 0.3) is 0 Å². The van der Waals surface area contributed by atoms with Crippen LogP contribution in [0.5, 0.6) is 0 Å². The van der Waals surface area contributed by atoms with E-state index in [0.29, 0.717) is 13.0 Å². The third kappa shape index (κ3) is 2.06. The predicted octanol–water partition coefficient (Wildman–Crippen LogP) is 2.68. The number of nitrogens with one attached hydrogen (secondary N) is 1. The van der Waals surface area contributed by atoms with Gasteiger partial charge in [0.15, 0.2) is 5.41 Å². The highest BCUT2D eigenvalue weighted by Gasteiger charge is 2.78. The highest BCUT2D eigenvalue weighted by Crippen LogP contribution is 2.69. The van der Waals surface area contributed by atoms with Gasteiger partial charge in [-0.25, -0.2) is 0 Å². The summed E-state index contributed by atoms with van der Waals surface area (Å²) in [5.41, 5.74) is -3.10. The first-order valence-electron chi connectivity index (χ1n) is 6.93. The van der Waals surface area contributed by atoms with Gasteiger partial charge in [-0.15, -0.1) is 0 Å². The summed E-state index contributed by atoms with van der Waals surface area (Å²) in [6.07, 6.45) is -4.10. The van der Waals surface area contributed by atoms with E-state index < -0.39 is 39.5 Å². The number of halogens is 4. The molecule has 2 atom stereocenters. The SMILES string of the molecule is COC(=O)[C@]12C[C@@]1(c1ccc(Cl)c(C(F)(F)F)c1)CCNC2=O. The number of benzene rings is 1. The van der Waals surface area contributed by atoms with E-state index in [1.165, 1.54) is 6.07 Å². The lowest BCUT2D eigenvalue weighted by molar-refractivity contribution is -0.154. The quantitative estimate of drug-likeness (QED) is 0.661. The van der Waals surface area contributed by atoms with Crippen LogP contribution in [-0.2, 0) is 25.9 Å². The molecule has 0 radical (unpaired) electrons. The molecule has 0 aromatic heterocycles. The Morgan fingerprint density at radius 3 is 2.70 bits per heavy atom. The Bertz CT molecular complexity index is 696. The van der Waals surface area contributed by atoms with Crippen LogP contribution in [0, 0.1) is 5.41 Å². The molecule has 1 aliphatic heterocycles. The van der Waals surface area contributed by atoms with Gasteiger partial charge in [0.2, 0.25) is 5.91 Å². The number of methoxy groups -OCH3 is 1. The first-order valence-corrected chi connectivity index (χ1v) is 7.31. The Labute approximate surface area is 134 Å². The highest BCUT2D eigenvalue weighted by atomic mass is 35.5. The van der Waals surface area contributed by atoms with Gasteiger partial charge in [-0.3, -0.25) is 9.59 Å². The largest absolute Gasteiger partial charge is 0.468 e. The maximum atomic E-state index is 13.1. The minimum Gasteiger partial charge on any atom is -0.468 e. The molecule has 0 unspecified atom stereocenters. The zero-order valence-corrected chi connectivity index (χ0v) is 12.8. The van der Waals surface area contributed by atoms with E-state index in [1.54, 1.807) is 0 Å². The summed E-state index contributed by atoms with van der Waals surface area (Å²) in [4.78, 5) is 24.4. The zero-order chi connectivity index (χ0) is 17.0. The first kappa shape index (κ1) is 16.1. The number of fused-ring (bicyclic) bond motifs is 1. The lowest BCUT2D eigenvalue weighted by Gasteiger charge is -2.29. The van der Waals surface area contributed by atoms with Crippen molar-refractivity contribution < 1.29 is 27.5 Å². The van der Waals surface area contributed by atoms with Crippen molar-refractivity contribution in [2.24, 2.45) is 5.41 Å². The van der Waals surface area contributed by atoms with E-state index in [4.69, 9.17) is 16.3 Å². The lowest BCUT2D eigenvalue weighted by atomic mass is 9.80. The normalized spacial score (nSPS) is 29.5. The van der Waals surface area contributed by atoms with Crippen LogP contribution < -0.4 is 5.32 Å². The average Bonchev–Trinajstić information content (AvgIpc) is 3.19. The van der Waals surface area contributed by atoms with Gasteiger partial charge in [-0.1, -0.05) is 17.7 Å². The second-order valence-corrected chi connectivity index (χ2v) is 6.26. The summed E-state index contributed by atoms with van der Waals surface area (Å²) in [5, 5.41) is 2.18. The summed E-state index contributed by atoms with van der Waals surface area (Å²) >= 11 is 5.64. The Kier molecular flexibility index (Phi) is 3.41. The van der Waals surface area contributed by atoms with Gasteiger partial charge in [-0.2, -0.15) is 13.2 Å². The van der Waals surface area contributed by atoms with Crippen molar-refractivity contribution >= 4 is 23.5 Å². The molecule has 1 aromatic carbocycles. The van der Waals surface area contributed by atoms with Crippen molar-refractivity contribution in [3.63, 3.8) is 0 Å². The van der Waals surface area contributed by atoms with E-state index in [-0.39, 0.29) is 12.0 Å². The number of alkyl halides is 3. The summed E-state index contributed by atoms with van der Waals surface area (Å²) < 4.78 is 44.0. The second kappa shape index (κ2) is 4.87. The van der Waals surface area contributed by atoms with E-state index in [2.05, 4.69) is 5.32 Å². The number of rotatable bonds is 2. The van der Waals surface area contributed by atoms with E-state index in [0.717, 1.165) is 19.2 Å². The first-order chi connectivity index (χ1) is 10.7. The number of ether oxygens (including phenoxy) is 1. The second-order valence-electron chi connectivity index (χ2n) is 5.85. The predicted molar refractivity (Wildman–Crippen MR) is 74.8 cm³/mol. The van der Waals surface area contributed by atoms with Crippen molar-refractivity contribution in [1.82, 2.24) is 5.32 Å². The van der Waals surface area contributed by atoms with Crippen LogP contribution in [0.15, 0.2) is 18.2 Å². The van der Waals surface area contributed by atoms with Crippen LogP contribution in [-0.4, -0.2) is 25.5 Å². The van der Waals surface area contributed by atoms with E-state index in [1.807, 2.05) is 0 Å². The molecule has 3 rings (SSSR count). The van der Waals surface area contributed by atoms with Crippen molar-refractivity contribution in [2.75, 3.05) is 13.7 Å². The van der Waals surface area contributed by atoms with E-state index in [9.17, 15) is 22.8 Å². The minimum absolute atomic E-state index is 0.136. The molecular formula is C15H13ClF3NO3. The van der Waals surface area contributed by atoms with Gasteiger partial charge in [-0.05, 0) is 30.5 Å². The molecule has 1 aliphatic carbocycles. The fourth-order valence-electron chi connectivity index (χ4n) is 3.62. The van der Waals surface area contributed by atoms with Crippen LogP contribution in [0.3, 0.4) is 0 Å². The molecule has 1 saturated heterocycles. The van der Waals surface area contributed by atoms with Gasteiger partial charge in [0.1, 0.15) is 0 Å². The Morgan fingerprint density at radius 2 is 2.09 bits per heavy atom. The van der Waals surface area contributed by atoms with Crippen LogP contribution >= 0.6 is 11.6 Å². The fourth-order valence-corrected chi connectivity index (χ4v) is 3.84. The standard InChI is InChI=1S/C15H13ClF3NO3/c1-23-12(22)14-7-13(14,4-5-20-11(14)21)8-2-3-10(16)9(6-8)15(17,18)19/h2-3,6H,4-5,7H2,1H3,(H,20,21)/t13-,14-/m1/s1. The highest BCUT2D eigenvalue weighted by molar-refractivity contribution is 6.31. The third-order valence-corrected chi connectivity index (χ3v) is 5.17. The number of amides is 1. The molecule has 0 bridgehead atoms. The summed E-state index contributed by atoms with van der Waals surface area (Å²) in [6, 6.07) is 3.54. The molecule has 8 heteroatoms. The zero-order valence-electron chi connectivity index (χ0n) is 12.1. The van der Waals surface area contributed by atoms with Gasteiger partial charge in [0.25, 0.3) is 0 Å². The van der Waals surface area contributed by atoms with Crippen molar-refractivity contribution in [3.05, 3.63) is 34.3 Å². The number of esters is 1. The number of piperidine rings is 1. The van der Waals surface area contributed by atoms with Gasteiger partial charge < -0.3 is 10.1 Å². The van der Waals surface area contributed by atoms with Crippen LogP contribution in [0.4, 0.5) is 13.2 Å². The molecule has 1 amide bonds. The molecule has 1 saturated carbocycles. The summed E-state index contributed by atoms with van der Waals surface area (Å²) in [6.45, 7) is 0.293. The summed E-state index contributed by atoms with van der Waals surface area (Å²) in [7, 11) is 1.16. The smallest absolute Gasteiger partial charge is 0.417 e. The van der Waals surface area contributed by atoms with Crippen molar-refractivity contribution in [3.8, 4) is 0 Å². The third-order valence-electron chi connectivity index (χ3n) is 4.84. The molecule has 1 heterocycles. The molecule has 4 nitrogen and oxygen atoms in total. The van der Waals surface area contributed by atoms with Crippen LogP contribution in [0.1, 0.15) is 24.0 Å². The Balaban J connectivity index is 2.12. The minimum atomic E-state index is -4.61. The molecule has 0 spiro atoms. The van der Waals surface area contributed by atoms with Crippen molar-refractivity contribution in [1.29, 1.82) is 0 Å². The average molecular weight is 348 g/mol. The number of carbonyl (C=O) groups excluding carboxylic acids is 2. The van der Waals surface area contributed by atoms with Gasteiger partial charge in [0, 0.05) is 12.0 Å².